The highest BCUT2D eigenvalue weighted by Crippen LogP contribution is 2.68. The third-order valence-corrected chi connectivity index (χ3v) is 10.4. The molecule has 0 aromatic heterocycles. The predicted octanol–water partition coefficient (Wildman–Crippen LogP) is 6.01. The van der Waals surface area contributed by atoms with Crippen LogP contribution < -0.4 is 0 Å². The Kier molecular flexibility index (Phi) is 5.28. The molecule has 4 rings (SSSR count). The summed E-state index contributed by atoms with van der Waals surface area (Å²) in [4.78, 5) is 11.5. The van der Waals surface area contributed by atoms with E-state index in [9.17, 15) is 9.90 Å². The van der Waals surface area contributed by atoms with Crippen LogP contribution in [0.5, 0.6) is 0 Å². The van der Waals surface area contributed by atoms with Crippen LogP contribution in [0.3, 0.4) is 0 Å². The Balaban J connectivity index is 1.51. The molecule has 4 fully saturated rings. The fourth-order valence-corrected chi connectivity index (χ4v) is 8.84. The van der Waals surface area contributed by atoms with E-state index in [2.05, 4.69) is 20.8 Å². The Bertz CT molecular complexity index is 571. The summed E-state index contributed by atoms with van der Waals surface area (Å²) in [5.74, 6) is 5.36. The van der Waals surface area contributed by atoms with E-state index in [1.807, 2.05) is 0 Å². The molecular weight excluding hydrogens is 332 g/mol. The zero-order chi connectivity index (χ0) is 19.4. The highest BCUT2D eigenvalue weighted by molar-refractivity contribution is 5.75. The Hall–Kier alpha value is -0.370. The normalized spacial score (nSPS) is 50.4. The summed E-state index contributed by atoms with van der Waals surface area (Å²) in [6.07, 6.45) is 13.6. The molecule has 0 spiro atoms. The van der Waals surface area contributed by atoms with Gasteiger partial charge in [0, 0.05) is 6.42 Å². The number of carbonyl (C=O) groups excluding carboxylic acids is 1. The van der Waals surface area contributed by atoms with Crippen molar-refractivity contribution in [3.8, 4) is 0 Å². The molecule has 4 aliphatic carbocycles. The van der Waals surface area contributed by atoms with E-state index in [0.717, 1.165) is 55.3 Å². The molecular formula is C25H42O2. The van der Waals surface area contributed by atoms with Gasteiger partial charge in [0.05, 0.1) is 6.10 Å². The highest BCUT2D eigenvalue weighted by atomic mass is 16.3. The fourth-order valence-electron chi connectivity index (χ4n) is 8.84. The number of ketones is 1. The van der Waals surface area contributed by atoms with Gasteiger partial charge in [-0.15, -0.1) is 0 Å². The van der Waals surface area contributed by atoms with Crippen LogP contribution in [0.25, 0.3) is 0 Å². The molecule has 0 saturated heterocycles. The molecule has 0 aromatic carbocycles. The second-order valence-electron chi connectivity index (χ2n) is 11.5. The average molecular weight is 375 g/mol. The molecule has 2 nitrogen and oxygen atoms in total. The molecule has 0 heterocycles. The van der Waals surface area contributed by atoms with E-state index in [0.29, 0.717) is 22.5 Å². The molecule has 1 N–H and O–H groups in total. The van der Waals surface area contributed by atoms with E-state index in [1.54, 1.807) is 6.92 Å². The van der Waals surface area contributed by atoms with Crippen molar-refractivity contribution in [3.05, 3.63) is 0 Å². The van der Waals surface area contributed by atoms with E-state index >= 15 is 0 Å². The Labute approximate surface area is 166 Å². The first-order valence-electron chi connectivity index (χ1n) is 11.9. The molecule has 0 amide bonds. The van der Waals surface area contributed by atoms with Crippen LogP contribution >= 0.6 is 0 Å². The van der Waals surface area contributed by atoms with Gasteiger partial charge in [0.25, 0.3) is 0 Å². The molecule has 2 heteroatoms. The van der Waals surface area contributed by atoms with E-state index in [4.69, 9.17) is 0 Å². The number of aliphatic hydroxyl groups is 1. The number of rotatable bonds is 4. The minimum Gasteiger partial charge on any atom is -0.393 e. The van der Waals surface area contributed by atoms with Crippen molar-refractivity contribution < 1.29 is 9.90 Å². The first-order chi connectivity index (χ1) is 12.8. The summed E-state index contributed by atoms with van der Waals surface area (Å²) < 4.78 is 0. The summed E-state index contributed by atoms with van der Waals surface area (Å²) in [5, 5.41) is 10.2. The third-order valence-electron chi connectivity index (χ3n) is 10.4. The van der Waals surface area contributed by atoms with Gasteiger partial charge in [-0.25, -0.2) is 0 Å². The van der Waals surface area contributed by atoms with Gasteiger partial charge in [0.15, 0.2) is 0 Å². The van der Waals surface area contributed by atoms with Gasteiger partial charge in [0.2, 0.25) is 0 Å². The van der Waals surface area contributed by atoms with E-state index < -0.39 is 0 Å². The number of hydrogen-bond donors (Lipinski definition) is 1. The summed E-state index contributed by atoms with van der Waals surface area (Å²) in [6, 6.07) is 0. The second-order valence-corrected chi connectivity index (χ2v) is 11.5. The van der Waals surface area contributed by atoms with Gasteiger partial charge in [0.1, 0.15) is 5.78 Å². The number of hydrogen-bond acceptors (Lipinski definition) is 2. The van der Waals surface area contributed by atoms with Crippen LogP contribution in [0, 0.1) is 46.3 Å². The maximum atomic E-state index is 11.5. The minimum absolute atomic E-state index is 0.0357. The average Bonchev–Trinajstić information content (AvgIpc) is 2.97. The quantitative estimate of drug-likeness (QED) is 0.654. The maximum absolute atomic E-state index is 11.5. The number of aliphatic hydroxyl groups excluding tert-OH is 1. The van der Waals surface area contributed by atoms with Gasteiger partial charge in [-0.2, -0.15) is 0 Å². The molecule has 4 aliphatic rings. The summed E-state index contributed by atoms with van der Waals surface area (Å²) in [6.45, 7) is 9.38. The van der Waals surface area contributed by atoms with Crippen molar-refractivity contribution in [1.29, 1.82) is 0 Å². The zero-order valence-electron chi connectivity index (χ0n) is 18.2. The van der Waals surface area contributed by atoms with Gasteiger partial charge in [-0.1, -0.05) is 20.8 Å². The van der Waals surface area contributed by atoms with Crippen molar-refractivity contribution in [2.75, 3.05) is 0 Å². The molecule has 27 heavy (non-hydrogen) atoms. The Morgan fingerprint density at radius 3 is 2.44 bits per heavy atom. The van der Waals surface area contributed by atoms with Gasteiger partial charge >= 0.3 is 0 Å². The van der Waals surface area contributed by atoms with Crippen molar-refractivity contribution in [1.82, 2.24) is 0 Å². The minimum atomic E-state index is -0.0357. The van der Waals surface area contributed by atoms with Crippen LogP contribution in [0.4, 0.5) is 0 Å². The van der Waals surface area contributed by atoms with Crippen molar-refractivity contribution >= 4 is 5.78 Å². The van der Waals surface area contributed by atoms with Crippen LogP contribution in [-0.4, -0.2) is 17.0 Å². The molecule has 9 atom stereocenters. The lowest BCUT2D eigenvalue weighted by Gasteiger charge is -2.61. The number of fused-ring (bicyclic) bond motifs is 5. The number of carbonyl (C=O) groups is 1. The summed E-state index contributed by atoms with van der Waals surface area (Å²) in [7, 11) is 0. The highest BCUT2D eigenvalue weighted by Gasteiger charge is 2.60. The molecule has 0 aliphatic heterocycles. The van der Waals surface area contributed by atoms with Gasteiger partial charge in [-0.3, -0.25) is 0 Å². The standard InChI is InChI=1S/C25H42O2/c1-16(5-6-17(2)26)21-9-10-22-20-8-7-18-15-19(27)11-13-24(18,3)23(20)12-14-25(21,22)4/h16,18-23,27H,5-15H2,1-4H3/t16-,18?,19?,20?,21?,22?,23?,24?,25?/m1/s1. The van der Waals surface area contributed by atoms with E-state index in [1.165, 1.54) is 44.9 Å². The monoisotopic (exact) mass is 374 g/mol. The van der Waals surface area contributed by atoms with Crippen molar-refractivity contribution in [2.24, 2.45) is 46.3 Å². The predicted molar refractivity (Wildman–Crippen MR) is 110 cm³/mol. The SMILES string of the molecule is CC(=O)CC[C@@H](C)C1CCC2C3CCC4CC(O)CCC4(C)C3CCC21C. The van der Waals surface area contributed by atoms with Gasteiger partial charge in [-0.05, 0) is 117 Å². The second kappa shape index (κ2) is 7.15. The van der Waals surface area contributed by atoms with Crippen LogP contribution in [0.2, 0.25) is 0 Å². The zero-order valence-corrected chi connectivity index (χ0v) is 18.2. The van der Waals surface area contributed by atoms with E-state index in [-0.39, 0.29) is 6.10 Å². The topological polar surface area (TPSA) is 37.3 Å². The molecule has 0 aromatic rings. The first kappa shape index (κ1) is 19.9. The Morgan fingerprint density at radius 1 is 1.00 bits per heavy atom. The van der Waals surface area contributed by atoms with Crippen molar-refractivity contribution in [2.45, 2.75) is 104 Å². The fraction of sp³-hybridized carbons (Fsp3) is 0.960. The molecule has 154 valence electrons. The first-order valence-corrected chi connectivity index (χ1v) is 11.9. The molecule has 4 saturated carbocycles. The largest absolute Gasteiger partial charge is 0.393 e. The van der Waals surface area contributed by atoms with Crippen LogP contribution in [0.15, 0.2) is 0 Å². The Morgan fingerprint density at radius 2 is 1.70 bits per heavy atom. The lowest BCUT2D eigenvalue weighted by atomic mass is 9.44. The third kappa shape index (κ3) is 3.22. The lowest BCUT2D eigenvalue weighted by molar-refractivity contribution is -0.129. The summed E-state index contributed by atoms with van der Waals surface area (Å²) >= 11 is 0. The maximum Gasteiger partial charge on any atom is 0.129 e. The number of Topliss-reactive ketones (excluding diaryl/α,β-unsaturated/α-hetero) is 1. The van der Waals surface area contributed by atoms with Gasteiger partial charge < -0.3 is 9.90 Å². The molecule has 0 bridgehead atoms. The lowest BCUT2D eigenvalue weighted by Crippen LogP contribution is -2.54. The van der Waals surface area contributed by atoms with Crippen LogP contribution in [0.1, 0.15) is 98.3 Å². The van der Waals surface area contributed by atoms with Crippen LogP contribution in [-0.2, 0) is 4.79 Å². The molecule has 8 unspecified atom stereocenters. The smallest absolute Gasteiger partial charge is 0.129 e. The molecule has 0 radical (unpaired) electrons. The summed E-state index contributed by atoms with van der Waals surface area (Å²) in [5.41, 5.74) is 0.997. The van der Waals surface area contributed by atoms with Crippen molar-refractivity contribution in [3.63, 3.8) is 0 Å².